The summed E-state index contributed by atoms with van der Waals surface area (Å²) in [4.78, 5) is 13.8. The summed E-state index contributed by atoms with van der Waals surface area (Å²) in [5.41, 5.74) is 1.93. The van der Waals surface area contributed by atoms with Gasteiger partial charge >= 0.3 is 6.03 Å². The molecule has 0 saturated carbocycles. The van der Waals surface area contributed by atoms with E-state index in [2.05, 4.69) is 17.6 Å². The molecule has 1 fully saturated rings. The monoisotopic (exact) mass is 293 g/mol. The van der Waals surface area contributed by atoms with Gasteiger partial charge in [-0.3, -0.25) is 0 Å². The molecule has 2 rings (SSSR count). The molecule has 2 amide bonds. The second-order valence-corrected chi connectivity index (χ2v) is 5.18. The van der Waals surface area contributed by atoms with Gasteiger partial charge in [0.2, 0.25) is 0 Å². The first-order valence-corrected chi connectivity index (χ1v) is 7.19. The van der Waals surface area contributed by atoms with Gasteiger partial charge in [0.05, 0.1) is 25.9 Å². The first-order chi connectivity index (χ1) is 10.1. The summed E-state index contributed by atoms with van der Waals surface area (Å²) in [5, 5.41) is 15.1. The molecule has 0 bridgehead atoms. The number of nitrogens with one attached hydrogen (secondary N) is 2. The van der Waals surface area contributed by atoms with Crippen LogP contribution in [0.3, 0.4) is 0 Å². The number of aliphatic hydroxyl groups excluding tert-OH is 1. The van der Waals surface area contributed by atoms with Crippen molar-refractivity contribution in [2.24, 2.45) is 0 Å². The van der Waals surface area contributed by atoms with E-state index in [1.807, 2.05) is 31.3 Å². The number of urea groups is 1. The molecule has 1 saturated heterocycles. The molecule has 6 heteroatoms. The zero-order chi connectivity index (χ0) is 15.2. The van der Waals surface area contributed by atoms with E-state index in [4.69, 9.17) is 9.84 Å². The number of carbonyl (C=O) groups excluding carboxylic acids is 1. The lowest BCUT2D eigenvalue weighted by Gasteiger charge is -2.32. The van der Waals surface area contributed by atoms with Crippen LogP contribution >= 0.6 is 0 Å². The lowest BCUT2D eigenvalue weighted by Crippen LogP contribution is -2.48. The minimum Gasteiger partial charge on any atom is -0.394 e. The van der Waals surface area contributed by atoms with Crippen LogP contribution in [-0.4, -0.2) is 55.5 Å². The number of nitrogens with zero attached hydrogens (tertiary/aromatic N) is 1. The van der Waals surface area contributed by atoms with Crippen molar-refractivity contribution < 1.29 is 14.6 Å². The van der Waals surface area contributed by atoms with E-state index in [-0.39, 0.29) is 24.8 Å². The molecule has 1 aliphatic rings. The second kappa shape index (κ2) is 7.40. The summed E-state index contributed by atoms with van der Waals surface area (Å²) in [6, 6.07) is 7.89. The molecule has 2 unspecified atom stereocenters. The van der Waals surface area contributed by atoms with Gasteiger partial charge in [-0.25, -0.2) is 4.79 Å². The minimum atomic E-state index is -0.289. The summed E-state index contributed by atoms with van der Waals surface area (Å²) < 4.78 is 5.33. The van der Waals surface area contributed by atoms with E-state index in [9.17, 15) is 4.79 Å². The molecule has 1 aromatic carbocycles. The maximum atomic E-state index is 12.2. The fraction of sp³-hybridized carbons (Fsp3) is 0.533. The summed E-state index contributed by atoms with van der Waals surface area (Å²) in [7, 11) is 1.91. The SMILES string of the molecule is CNC(C)c1ccc(NC(=O)N2CCOC(CO)C2)cc1. The zero-order valence-corrected chi connectivity index (χ0v) is 12.5. The Morgan fingerprint density at radius 2 is 2.19 bits per heavy atom. The molecule has 0 aliphatic carbocycles. The summed E-state index contributed by atoms with van der Waals surface area (Å²) in [6.07, 6.45) is -0.289. The summed E-state index contributed by atoms with van der Waals surface area (Å²) in [5.74, 6) is 0. The second-order valence-electron chi connectivity index (χ2n) is 5.18. The molecule has 2 atom stereocenters. The van der Waals surface area contributed by atoms with Gasteiger partial charge in [0.1, 0.15) is 0 Å². The maximum absolute atomic E-state index is 12.2. The fourth-order valence-electron chi connectivity index (χ4n) is 2.24. The first kappa shape index (κ1) is 15.8. The summed E-state index contributed by atoms with van der Waals surface area (Å²) >= 11 is 0. The highest BCUT2D eigenvalue weighted by Gasteiger charge is 2.23. The Morgan fingerprint density at radius 1 is 1.48 bits per heavy atom. The van der Waals surface area contributed by atoms with E-state index in [1.165, 1.54) is 5.56 Å². The predicted octanol–water partition coefficient (Wildman–Crippen LogP) is 1.19. The van der Waals surface area contributed by atoms with Crippen molar-refractivity contribution in [3.63, 3.8) is 0 Å². The number of morpholine rings is 1. The topological polar surface area (TPSA) is 73.8 Å². The molecule has 21 heavy (non-hydrogen) atoms. The van der Waals surface area contributed by atoms with Crippen LogP contribution in [0.4, 0.5) is 10.5 Å². The van der Waals surface area contributed by atoms with Crippen molar-refractivity contribution in [1.82, 2.24) is 10.2 Å². The number of ether oxygens (including phenoxy) is 1. The number of carbonyl (C=O) groups is 1. The smallest absolute Gasteiger partial charge is 0.322 e. The fourth-order valence-corrected chi connectivity index (χ4v) is 2.24. The molecule has 3 N–H and O–H groups in total. The van der Waals surface area contributed by atoms with Crippen LogP contribution in [0.25, 0.3) is 0 Å². The highest BCUT2D eigenvalue weighted by Crippen LogP contribution is 2.16. The minimum absolute atomic E-state index is 0.0691. The molecule has 0 spiro atoms. The van der Waals surface area contributed by atoms with Gasteiger partial charge in [-0.2, -0.15) is 0 Å². The number of hydrogen-bond donors (Lipinski definition) is 3. The number of amides is 2. The van der Waals surface area contributed by atoms with E-state index >= 15 is 0 Å². The predicted molar refractivity (Wildman–Crippen MR) is 81.3 cm³/mol. The number of aliphatic hydroxyl groups is 1. The van der Waals surface area contributed by atoms with Crippen molar-refractivity contribution in [1.29, 1.82) is 0 Å². The van der Waals surface area contributed by atoms with E-state index in [0.717, 1.165) is 5.69 Å². The summed E-state index contributed by atoms with van der Waals surface area (Å²) in [6.45, 7) is 3.42. The quantitative estimate of drug-likeness (QED) is 0.779. The third-order valence-electron chi connectivity index (χ3n) is 3.72. The highest BCUT2D eigenvalue weighted by atomic mass is 16.5. The Labute approximate surface area is 125 Å². The van der Waals surface area contributed by atoms with Crippen LogP contribution in [-0.2, 0) is 4.74 Å². The molecule has 0 radical (unpaired) electrons. The molecule has 1 aliphatic heterocycles. The number of anilines is 1. The van der Waals surface area contributed by atoms with Gasteiger partial charge in [-0.1, -0.05) is 12.1 Å². The lowest BCUT2D eigenvalue weighted by atomic mass is 10.1. The Balaban J connectivity index is 1.93. The van der Waals surface area contributed by atoms with Crippen molar-refractivity contribution in [3.05, 3.63) is 29.8 Å². The van der Waals surface area contributed by atoms with Crippen LogP contribution in [0, 0.1) is 0 Å². The first-order valence-electron chi connectivity index (χ1n) is 7.19. The zero-order valence-electron chi connectivity index (χ0n) is 12.5. The van der Waals surface area contributed by atoms with E-state index in [0.29, 0.717) is 19.7 Å². The average molecular weight is 293 g/mol. The third kappa shape index (κ3) is 4.17. The number of rotatable bonds is 4. The standard InChI is InChI=1S/C15H23N3O3/c1-11(16-2)12-3-5-13(6-4-12)17-15(20)18-7-8-21-14(9-18)10-19/h3-6,11,14,16,19H,7-10H2,1-2H3,(H,17,20). The Hall–Kier alpha value is -1.63. The van der Waals surface area contributed by atoms with Crippen LogP contribution < -0.4 is 10.6 Å². The van der Waals surface area contributed by atoms with Crippen molar-refractivity contribution in [3.8, 4) is 0 Å². The molecular formula is C15H23N3O3. The normalized spacial score (nSPS) is 20.1. The molecule has 0 aromatic heterocycles. The molecule has 1 aromatic rings. The Kier molecular flexibility index (Phi) is 5.55. The number of hydrogen-bond acceptors (Lipinski definition) is 4. The molecule has 6 nitrogen and oxygen atoms in total. The van der Waals surface area contributed by atoms with Gasteiger partial charge in [0, 0.05) is 18.3 Å². The lowest BCUT2D eigenvalue weighted by molar-refractivity contribution is -0.0388. The van der Waals surface area contributed by atoms with Gasteiger partial charge in [0.25, 0.3) is 0 Å². The third-order valence-corrected chi connectivity index (χ3v) is 3.72. The van der Waals surface area contributed by atoms with E-state index in [1.54, 1.807) is 4.90 Å². The highest BCUT2D eigenvalue weighted by molar-refractivity contribution is 5.89. The number of benzene rings is 1. The van der Waals surface area contributed by atoms with E-state index < -0.39 is 0 Å². The Bertz CT molecular complexity index is 464. The van der Waals surface area contributed by atoms with Gasteiger partial charge in [-0.05, 0) is 31.7 Å². The van der Waals surface area contributed by atoms with Crippen molar-refractivity contribution in [2.45, 2.75) is 19.1 Å². The van der Waals surface area contributed by atoms with Crippen LogP contribution in [0.2, 0.25) is 0 Å². The Morgan fingerprint density at radius 3 is 2.81 bits per heavy atom. The van der Waals surface area contributed by atoms with Crippen LogP contribution in [0.5, 0.6) is 0 Å². The average Bonchev–Trinajstić information content (AvgIpc) is 2.54. The van der Waals surface area contributed by atoms with Crippen molar-refractivity contribution >= 4 is 11.7 Å². The van der Waals surface area contributed by atoms with Gasteiger partial charge < -0.3 is 25.4 Å². The largest absolute Gasteiger partial charge is 0.394 e. The van der Waals surface area contributed by atoms with Crippen molar-refractivity contribution in [2.75, 3.05) is 38.7 Å². The van der Waals surface area contributed by atoms with Gasteiger partial charge in [0.15, 0.2) is 0 Å². The maximum Gasteiger partial charge on any atom is 0.322 e. The molecular weight excluding hydrogens is 270 g/mol. The van der Waals surface area contributed by atoms with Crippen LogP contribution in [0.1, 0.15) is 18.5 Å². The van der Waals surface area contributed by atoms with Crippen LogP contribution in [0.15, 0.2) is 24.3 Å². The van der Waals surface area contributed by atoms with Gasteiger partial charge in [-0.15, -0.1) is 0 Å². The molecule has 1 heterocycles. The molecule has 116 valence electrons.